The summed E-state index contributed by atoms with van der Waals surface area (Å²) in [5, 5.41) is 12.9. The van der Waals surface area contributed by atoms with Gasteiger partial charge in [-0.1, -0.05) is 44.9 Å². The van der Waals surface area contributed by atoms with E-state index >= 15 is 0 Å². The highest BCUT2D eigenvalue weighted by Gasteiger charge is 2.23. The summed E-state index contributed by atoms with van der Waals surface area (Å²) in [7, 11) is 4.16. The Balaban J connectivity index is 2.02. The van der Waals surface area contributed by atoms with Crippen LogP contribution in [0.2, 0.25) is 0 Å². The van der Waals surface area contributed by atoms with Crippen molar-refractivity contribution in [3.05, 3.63) is 5.82 Å². The van der Waals surface area contributed by atoms with Crippen LogP contribution < -0.4 is 5.32 Å². The highest BCUT2D eigenvalue weighted by molar-refractivity contribution is 7.99. The van der Waals surface area contributed by atoms with Gasteiger partial charge in [-0.3, -0.25) is 9.69 Å². The summed E-state index contributed by atoms with van der Waals surface area (Å²) in [5.74, 6) is 1.54. The van der Waals surface area contributed by atoms with E-state index in [-0.39, 0.29) is 11.9 Å². The third-order valence-corrected chi connectivity index (χ3v) is 5.81. The predicted molar refractivity (Wildman–Crippen MR) is 103 cm³/mol. The van der Waals surface area contributed by atoms with Crippen molar-refractivity contribution in [2.45, 2.75) is 82.6 Å². The molecule has 0 saturated heterocycles. The molecule has 1 amide bonds. The van der Waals surface area contributed by atoms with Gasteiger partial charge in [0.25, 0.3) is 0 Å². The SMILES string of the molecule is CCCCn1c(SCC(=O)NC2CCCC2)nnc1[C@H](CC)N(C)C. The summed E-state index contributed by atoms with van der Waals surface area (Å²) < 4.78 is 2.21. The Morgan fingerprint density at radius 2 is 2.04 bits per heavy atom. The normalized spacial score (nSPS) is 16.5. The molecule has 25 heavy (non-hydrogen) atoms. The summed E-state index contributed by atoms with van der Waals surface area (Å²) in [6, 6.07) is 0.630. The second-order valence-electron chi connectivity index (χ2n) is 7.07. The molecule has 1 fully saturated rings. The molecule has 0 aliphatic heterocycles. The fraction of sp³-hybridized carbons (Fsp3) is 0.833. The quantitative estimate of drug-likeness (QED) is 0.643. The molecule has 1 aliphatic carbocycles. The molecule has 0 bridgehead atoms. The molecule has 0 spiro atoms. The number of thioether (sulfide) groups is 1. The minimum Gasteiger partial charge on any atom is -0.353 e. The lowest BCUT2D eigenvalue weighted by Gasteiger charge is -2.23. The van der Waals surface area contributed by atoms with Crippen LogP contribution in [0.25, 0.3) is 0 Å². The number of carbonyl (C=O) groups excluding carboxylic acids is 1. The smallest absolute Gasteiger partial charge is 0.230 e. The molecule has 1 saturated carbocycles. The number of hydrogen-bond acceptors (Lipinski definition) is 5. The van der Waals surface area contributed by atoms with Gasteiger partial charge in [-0.25, -0.2) is 0 Å². The molecule has 2 rings (SSSR count). The van der Waals surface area contributed by atoms with E-state index in [9.17, 15) is 4.79 Å². The van der Waals surface area contributed by atoms with Crippen LogP contribution in [0.15, 0.2) is 5.16 Å². The van der Waals surface area contributed by atoms with E-state index < -0.39 is 0 Å². The van der Waals surface area contributed by atoms with Crippen molar-refractivity contribution < 1.29 is 4.79 Å². The van der Waals surface area contributed by atoms with E-state index in [0.29, 0.717) is 11.8 Å². The summed E-state index contributed by atoms with van der Waals surface area (Å²) in [4.78, 5) is 14.4. The van der Waals surface area contributed by atoms with Crippen molar-refractivity contribution in [2.75, 3.05) is 19.8 Å². The van der Waals surface area contributed by atoms with Crippen LogP contribution in [0.3, 0.4) is 0 Å². The van der Waals surface area contributed by atoms with Crippen molar-refractivity contribution in [1.29, 1.82) is 0 Å². The number of nitrogens with one attached hydrogen (secondary N) is 1. The molecule has 0 unspecified atom stereocenters. The summed E-state index contributed by atoms with van der Waals surface area (Å²) in [6.45, 7) is 5.27. The zero-order chi connectivity index (χ0) is 18.2. The fourth-order valence-electron chi connectivity index (χ4n) is 3.43. The molecule has 1 aliphatic rings. The highest BCUT2D eigenvalue weighted by atomic mass is 32.2. The molecular formula is C18H33N5OS. The first kappa shape index (κ1) is 20.2. The van der Waals surface area contributed by atoms with Gasteiger partial charge in [-0.2, -0.15) is 0 Å². The average Bonchev–Trinajstić information content (AvgIpc) is 3.21. The molecule has 142 valence electrons. The molecular weight excluding hydrogens is 334 g/mol. The number of amides is 1. The van der Waals surface area contributed by atoms with Crippen molar-refractivity contribution >= 4 is 17.7 Å². The molecule has 1 atom stereocenters. The van der Waals surface area contributed by atoms with Crippen LogP contribution in [0, 0.1) is 0 Å². The van der Waals surface area contributed by atoms with Gasteiger partial charge in [0.2, 0.25) is 5.91 Å². The Hall–Kier alpha value is -1.08. The first-order valence-corrected chi connectivity index (χ1v) is 10.6. The van der Waals surface area contributed by atoms with Gasteiger partial charge in [0.15, 0.2) is 11.0 Å². The topological polar surface area (TPSA) is 63.1 Å². The van der Waals surface area contributed by atoms with E-state index in [1.165, 1.54) is 24.6 Å². The number of nitrogens with zero attached hydrogens (tertiary/aromatic N) is 4. The second-order valence-corrected chi connectivity index (χ2v) is 8.01. The van der Waals surface area contributed by atoms with Crippen molar-refractivity contribution in [2.24, 2.45) is 0 Å². The lowest BCUT2D eigenvalue weighted by atomic mass is 10.2. The Labute approximate surface area is 156 Å². The maximum atomic E-state index is 12.2. The third kappa shape index (κ3) is 5.71. The van der Waals surface area contributed by atoms with Gasteiger partial charge in [-0.15, -0.1) is 10.2 Å². The molecule has 7 heteroatoms. The first-order chi connectivity index (χ1) is 12.1. The molecule has 0 aromatic carbocycles. The monoisotopic (exact) mass is 367 g/mol. The Bertz CT molecular complexity index is 540. The van der Waals surface area contributed by atoms with Crippen LogP contribution in [0.1, 0.15) is 70.7 Å². The standard InChI is InChI=1S/C18H33N5OS/c1-5-7-12-23-17(15(6-2)22(3)4)20-21-18(23)25-13-16(24)19-14-10-8-9-11-14/h14-15H,5-13H2,1-4H3,(H,19,24)/t15-/m0/s1. The number of unbranched alkanes of at least 4 members (excludes halogenated alkanes) is 1. The summed E-state index contributed by atoms with van der Waals surface area (Å²) >= 11 is 1.51. The number of aromatic nitrogens is 3. The Kier molecular flexibility index (Phi) is 8.22. The van der Waals surface area contributed by atoms with Crippen molar-refractivity contribution in [1.82, 2.24) is 25.0 Å². The molecule has 0 radical (unpaired) electrons. The average molecular weight is 368 g/mol. The van der Waals surface area contributed by atoms with Crippen LogP contribution in [-0.4, -0.2) is 51.5 Å². The minimum atomic E-state index is 0.114. The van der Waals surface area contributed by atoms with Gasteiger partial charge < -0.3 is 9.88 Å². The molecule has 1 heterocycles. The van der Waals surface area contributed by atoms with Crippen molar-refractivity contribution in [3.63, 3.8) is 0 Å². The maximum absolute atomic E-state index is 12.2. The van der Waals surface area contributed by atoms with Crippen molar-refractivity contribution in [3.8, 4) is 0 Å². The van der Waals surface area contributed by atoms with Crippen LogP contribution in [0.4, 0.5) is 0 Å². The fourth-order valence-corrected chi connectivity index (χ4v) is 4.21. The van der Waals surface area contributed by atoms with E-state index in [1.54, 1.807) is 0 Å². The predicted octanol–water partition coefficient (Wildman–Crippen LogP) is 3.24. The lowest BCUT2D eigenvalue weighted by Crippen LogP contribution is -2.33. The summed E-state index contributed by atoms with van der Waals surface area (Å²) in [6.07, 6.45) is 7.91. The third-order valence-electron chi connectivity index (χ3n) is 4.84. The van der Waals surface area contributed by atoms with Gasteiger partial charge in [0.1, 0.15) is 0 Å². The van der Waals surface area contributed by atoms with Crippen LogP contribution in [-0.2, 0) is 11.3 Å². The largest absolute Gasteiger partial charge is 0.353 e. The highest BCUT2D eigenvalue weighted by Crippen LogP contribution is 2.26. The molecule has 1 aromatic rings. The summed E-state index contributed by atoms with van der Waals surface area (Å²) in [5.41, 5.74) is 0. The van der Waals surface area contributed by atoms with E-state index in [1.807, 2.05) is 0 Å². The van der Waals surface area contributed by atoms with Crippen LogP contribution >= 0.6 is 11.8 Å². The van der Waals surface area contributed by atoms with E-state index in [4.69, 9.17) is 0 Å². The maximum Gasteiger partial charge on any atom is 0.230 e. The Morgan fingerprint density at radius 3 is 2.64 bits per heavy atom. The number of carbonyl (C=O) groups is 1. The van der Waals surface area contributed by atoms with E-state index in [2.05, 4.69) is 52.9 Å². The number of hydrogen-bond donors (Lipinski definition) is 1. The van der Waals surface area contributed by atoms with Crippen LogP contribution in [0.5, 0.6) is 0 Å². The zero-order valence-corrected chi connectivity index (χ0v) is 16.9. The Morgan fingerprint density at radius 1 is 1.32 bits per heavy atom. The van der Waals surface area contributed by atoms with Gasteiger partial charge in [-0.05, 0) is 39.8 Å². The first-order valence-electron chi connectivity index (χ1n) is 9.58. The van der Waals surface area contributed by atoms with E-state index in [0.717, 1.165) is 49.6 Å². The van der Waals surface area contributed by atoms with Gasteiger partial charge in [0.05, 0.1) is 11.8 Å². The molecule has 1 aromatic heterocycles. The molecule has 1 N–H and O–H groups in total. The lowest BCUT2D eigenvalue weighted by molar-refractivity contribution is -0.119. The second kappa shape index (κ2) is 10.2. The van der Waals surface area contributed by atoms with Gasteiger partial charge >= 0.3 is 0 Å². The zero-order valence-electron chi connectivity index (χ0n) is 16.1. The minimum absolute atomic E-state index is 0.114. The number of rotatable bonds is 10. The molecule has 6 nitrogen and oxygen atoms in total. The van der Waals surface area contributed by atoms with Gasteiger partial charge in [0, 0.05) is 12.6 Å².